The van der Waals surface area contributed by atoms with E-state index in [1.807, 2.05) is 30.3 Å². The van der Waals surface area contributed by atoms with E-state index in [0.717, 1.165) is 11.3 Å². The predicted octanol–water partition coefficient (Wildman–Crippen LogP) is 2.28. The van der Waals surface area contributed by atoms with E-state index >= 15 is 0 Å². The Morgan fingerprint density at radius 1 is 1.05 bits per heavy atom. The molecule has 0 fully saturated rings. The maximum atomic E-state index is 11.8. The molecule has 3 aromatic rings. The maximum Gasteiger partial charge on any atom is 0.336 e. The topological polar surface area (TPSA) is 69.9 Å². The second kappa shape index (κ2) is 6.45. The van der Waals surface area contributed by atoms with Crippen LogP contribution in [-0.2, 0) is 4.79 Å². The summed E-state index contributed by atoms with van der Waals surface area (Å²) in [5.41, 5.74) is 1.72. The first-order valence-corrected chi connectivity index (χ1v) is 6.60. The van der Waals surface area contributed by atoms with Crippen LogP contribution in [0.25, 0.3) is 11.8 Å². The van der Waals surface area contributed by atoms with Crippen molar-refractivity contribution >= 4 is 12.0 Å². The van der Waals surface area contributed by atoms with E-state index in [4.69, 9.17) is 4.74 Å². The SMILES string of the molecule is O=C(/C=C/c1ccccc1)Oc1ccc(-n2cnnn2)cc1. The zero-order valence-corrected chi connectivity index (χ0v) is 11.5. The molecule has 0 amide bonds. The van der Waals surface area contributed by atoms with Crippen molar-refractivity contribution in [2.45, 2.75) is 0 Å². The highest BCUT2D eigenvalue weighted by Crippen LogP contribution is 2.14. The molecule has 3 rings (SSSR count). The third kappa shape index (κ3) is 3.43. The average Bonchev–Trinajstić information content (AvgIpc) is 3.09. The zero-order chi connectivity index (χ0) is 15.2. The molecular formula is C16H12N4O2. The van der Waals surface area contributed by atoms with Crippen molar-refractivity contribution in [2.75, 3.05) is 0 Å². The Balaban J connectivity index is 1.63. The van der Waals surface area contributed by atoms with Crippen LogP contribution in [0, 0.1) is 0 Å². The lowest BCUT2D eigenvalue weighted by Crippen LogP contribution is -2.04. The molecule has 0 aliphatic heterocycles. The largest absolute Gasteiger partial charge is 0.423 e. The zero-order valence-electron chi connectivity index (χ0n) is 11.5. The first-order chi connectivity index (χ1) is 10.8. The van der Waals surface area contributed by atoms with Crippen LogP contribution in [0.1, 0.15) is 5.56 Å². The number of carbonyl (C=O) groups is 1. The van der Waals surface area contributed by atoms with Crippen LogP contribution in [-0.4, -0.2) is 26.2 Å². The number of carbonyl (C=O) groups excluding carboxylic acids is 1. The van der Waals surface area contributed by atoms with Gasteiger partial charge in [0.1, 0.15) is 12.1 Å². The van der Waals surface area contributed by atoms with Crippen molar-refractivity contribution in [1.29, 1.82) is 0 Å². The minimum absolute atomic E-state index is 0.431. The molecule has 0 saturated carbocycles. The van der Waals surface area contributed by atoms with Crippen molar-refractivity contribution < 1.29 is 9.53 Å². The summed E-state index contributed by atoms with van der Waals surface area (Å²) in [4.78, 5) is 11.8. The van der Waals surface area contributed by atoms with E-state index < -0.39 is 5.97 Å². The van der Waals surface area contributed by atoms with Gasteiger partial charge >= 0.3 is 5.97 Å². The molecule has 1 aromatic heterocycles. The van der Waals surface area contributed by atoms with Crippen molar-refractivity contribution in [3.05, 3.63) is 72.6 Å². The van der Waals surface area contributed by atoms with Gasteiger partial charge in [0.05, 0.1) is 5.69 Å². The van der Waals surface area contributed by atoms with Gasteiger partial charge in [0.2, 0.25) is 0 Å². The minimum atomic E-state index is -0.431. The number of aromatic nitrogens is 4. The number of benzene rings is 2. The molecule has 0 atom stereocenters. The lowest BCUT2D eigenvalue weighted by atomic mass is 10.2. The van der Waals surface area contributed by atoms with Crippen LogP contribution in [0.5, 0.6) is 5.75 Å². The van der Waals surface area contributed by atoms with Crippen LogP contribution in [0.3, 0.4) is 0 Å². The Morgan fingerprint density at radius 2 is 1.82 bits per heavy atom. The molecule has 1 heterocycles. The molecule has 0 bridgehead atoms. The number of hydrogen-bond acceptors (Lipinski definition) is 5. The molecule has 0 aliphatic carbocycles. The van der Waals surface area contributed by atoms with Crippen molar-refractivity contribution in [1.82, 2.24) is 20.2 Å². The molecule has 0 unspecified atom stereocenters. The highest BCUT2D eigenvalue weighted by Gasteiger charge is 2.02. The van der Waals surface area contributed by atoms with Gasteiger partial charge in [-0.05, 0) is 46.3 Å². The Morgan fingerprint density at radius 3 is 2.50 bits per heavy atom. The summed E-state index contributed by atoms with van der Waals surface area (Å²) in [5.74, 6) is 0.0264. The maximum absolute atomic E-state index is 11.8. The van der Waals surface area contributed by atoms with Gasteiger partial charge < -0.3 is 4.74 Å². The Kier molecular flexibility index (Phi) is 4.01. The lowest BCUT2D eigenvalue weighted by Gasteiger charge is -2.03. The molecule has 6 nitrogen and oxygen atoms in total. The average molecular weight is 292 g/mol. The Hall–Kier alpha value is -3.28. The summed E-state index contributed by atoms with van der Waals surface area (Å²) >= 11 is 0. The molecule has 2 aromatic carbocycles. The Bertz CT molecular complexity index is 766. The first kappa shape index (κ1) is 13.7. The van der Waals surface area contributed by atoms with E-state index in [0.29, 0.717) is 5.75 Å². The molecule has 0 saturated heterocycles. The molecule has 0 N–H and O–H groups in total. The molecule has 22 heavy (non-hydrogen) atoms. The van der Waals surface area contributed by atoms with Gasteiger partial charge in [-0.3, -0.25) is 0 Å². The summed E-state index contributed by atoms with van der Waals surface area (Å²) in [6.45, 7) is 0. The highest BCUT2D eigenvalue weighted by atomic mass is 16.5. The van der Waals surface area contributed by atoms with E-state index in [1.165, 1.54) is 17.1 Å². The van der Waals surface area contributed by atoms with Crippen molar-refractivity contribution in [3.8, 4) is 11.4 Å². The second-order valence-corrected chi connectivity index (χ2v) is 4.41. The molecule has 0 radical (unpaired) electrons. The standard InChI is InChI=1S/C16H12N4O2/c21-16(11-6-13-4-2-1-3-5-13)22-15-9-7-14(8-10-15)20-12-17-18-19-20/h1-12H/b11-6+. The van der Waals surface area contributed by atoms with Gasteiger partial charge in [0.15, 0.2) is 0 Å². The summed E-state index contributed by atoms with van der Waals surface area (Å²) < 4.78 is 6.74. The normalized spacial score (nSPS) is 10.7. The van der Waals surface area contributed by atoms with Gasteiger partial charge in [-0.2, -0.15) is 0 Å². The number of hydrogen-bond donors (Lipinski definition) is 0. The number of esters is 1. The number of tetrazole rings is 1. The minimum Gasteiger partial charge on any atom is -0.423 e. The third-order valence-electron chi connectivity index (χ3n) is 2.88. The third-order valence-corrected chi connectivity index (χ3v) is 2.88. The van der Waals surface area contributed by atoms with Crippen LogP contribution in [0.4, 0.5) is 0 Å². The second-order valence-electron chi connectivity index (χ2n) is 4.41. The lowest BCUT2D eigenvalue weighted by molar-refractivity contribution is -0.128. The molecular weight excluding hydrogens is 280 g/mol. The van der Waals surface area contributed by atoms with Gasteiger partial charge in [0, 0.05) is 6.08 Å². The van der Waals surface area contributed by atoms with E-state index in [-0.39, 0.29) is 0 Å². The van der Waals surface area contributed by atoms with Crippen LogP contribution in [0.15, 0.2) is 67.0 Å². The predicted molar refractivity (Wildman–Crippen MR) is 80.3 cm³/mol. The quantitative estimate of drug-likeness (QED) is 0.419. The highest BCUT2D eigenvalue weighted by molar-refractivity contribution is 5.88. The Labute approximate surface area is 126 Å². The summed E-state index contributed by atoms with van der Waals surface area (Å²) in [7, 11) is 0. The molecule has 6 heteroatoms. The summed E-state index contributed by atoms with van der Waals surface area (Å²) in [6.07, 6.45) is 4.59. The fourth-order valence-corrected chi connectivity index (χ4v) is 1.83. The van der Waals surface area contributed by atoms with Crippen molar-refractivity contribution in [2.24, 2.45) is 0 Å². The first-order valence-electron chi connectivity index (χ1n) is 6.60. The number of ether oxygens (including phenoxy) is 1. The van der Waals surface area contributed by atoms with Gasteiger partial charge in [-0.1, -0.05) is 30.3 Å². The van der Waals surface area contributed by atoms with Gasteiger partial charge in [-0.15, -0.1) is 5.10 Å². The summed E-state index contributed by atoms with van der Waals surface area (Å²) in [5, 5.41) is 10.9. The molecule has 0 aliphatic rings. The van der Waals surface area contributed by atoms with Crippen LogP contribution < -0.4 is 4.74 Å². The van der Waals surface area contributed by atoms with E-state index in [1.54, 1.807) is 30.3 Å². The number of nitrogens with zero attached hydrogens (tertiary/aromatic N) is 4. The molecule has 108 valence electrons. The molecule has 0 spiro atoms. The monoisotopic (exact) mass is 292 g/mol. The van der Waals surface area contributed by atoms with Gasteiger partial charge in [0.25, 0.3) is 0 Å². The number of rotatable bonds is 4. The van der Waals surface area contributed by atoms with E-state index in [2.05, 4.69) is 15.5 Å². The smallest absolute Gasteiger partial charge is 0.336 e. The fourth-order valence-electron chi connectivity index (χ4n) is 1.83. The summed E-state index contributed by atoms with van der Waals surface area (Å²) in [6, 6.07) is 16.4. The van der Waals surface area contributed by atoms with Gasteiger partial charge in [-0.25, -0.2) is 9.48 Å². The fraction of sp³-hybridized carbons (Fsp3) is 0. The van der Waals surface area contributed by atoms with Crippen LogP contribution in [0.2, 0.25) is 0 Å². The van der Waals surface area contributed by atoms with E-state index in [9.17, 15) is 4.79 Å². The van der Waals surface area contributed by atoms with Crippen molar-refractivity contribution in [3.63, 3.8) is 0 Å². The van der Waals surface area contributed by atoms with Crippen LogP contribution >= 0.6 is 0 Å².